The second-order valence-electron chi connectivity index (χ2n) is 17.6. The van der Waals surface area contributed by atoms with Gasteiger partial charge in [0, 0.05) is 35.9 Å². The first-order chi connectivity index (χ1) is 32.6. The number of nitrogens with zero attached hydrogens (tertiary/aromatic N) is 6. The van der Waals surface area contributed by atoms with E-state index in [0.717, 1.165) is 39.1 Å². The van der Waals surface area contributed by atoms with E-state index in [9.17, 15) is 30.3 Å². The van der Waals surface area contributed by atoms with Crippen molar-refractivity contribution in [1.29, 1.82) is 10.5 Å². The first kappa shape index (κ1) is 59.0. The smallest absolute Gasteiger partial charge is 0.258 e. The lowest BCUT2D eigenvalue weighted by Crippen LogP contribution is -1.96. The van der Waals surface area contributed by atoms with E-state index in [4.69, 9.17) is 17.1 Å². The maximum Gasteiger partial charge on any atom is 0.272 e. The molecule has 6 aromatic rings. The molecule has 0 bridgehead atoms. The average molecular weight is 931 g/mol. The normalized spacial score (nSPS) is 9.96. The SMILES string of the molecule is CC(C)c1ccc([N+](=O)[O-])cc1.CC(C)c1cccc(C#N)c1.CC(C)c1cccc([N+](=O)[O-])c1.CC(C)c1ccccc1C#N.CC(C)c1ccccc1[N+](=O)[O-].[C-]#[N+]c1ccc(C(C)C)cc1. The van der Waals surface area contributed by atoms with Gasteiger partial charge in [-0.3, -0.25) is 30.3 Å². The van der Waals surface area contributed by atoms with Crippen LogP contribution in [0.2, 0.25) is 0 Å². The summed E-state index contributed by atoms with van der Waals surface area (Å²) in [6.45, 7) is 31.5. The molecule has 0 spiro atoms. The van der Waals surface area contributed by atoms with Gasteiger partial charge in [-0.2, -0.15) is 10.5 Å². The monoisotopic (exact) mass is 931 g/mol. The number of nitro benzene ring substituents is 3. The Kier molecular flexibility index (Phi) is 26.6. The minimum Gasteiger partial charge on any atom is -0.258 e. The number of nitriles is 2. The Bertz CT molecular complexity index is 2650. The molecule has 6 rings (SSSR count). The molecular formula is C57H66N6O6. The van der Waals surface area contributed by atoms with Crippen LogP contribution in [0.3, 0.4) is 0 Å². The fraction of sp³-hybridized carbons (Fsp3) is 0.316. The number of nitro groups is 3. The summed E-state index contributed by atoms with van der Waals surface area (Å²) in [5.74, 6) is 2.45. The van der Waals surface area contributed by atoms with Crippen molar-refractivity contribution in [1.82, 2.24) is 0 Å². The van der Waals surface area contributed by atoms with Gasteiger partial charge >= 0.3 is 0 Å². The van der Waals surface area contributed by atoms with E-state index in [0.29, 0.717) is 29.6 Å². The van der Waals surface area contributed by atoms with Gasteiger partial charge < -0.3 is 0 Å². The summed E-state index contributed by atoms with van der Waals surface area (Å²) < 4.78 is 0. The van der Waals surface area contributed by atoms with Gasteiger partial charge in [0.15, 0.2) is 5.69 Å². The van der Waals surface area contributed by atoms with Gasteiger partial charge in [-0.15, -0.1) is 0 Å². The lowest BCUT2D eigenvalue weighted by atomic mass is 9.98. The standard InChI is InChI=1S/3C10H11N.3C9H11NO2/c1-8(2)9-4-6-10(11-3)7-5-9;1-8(2)10-5-3-4-9(6-10)7-11;1-8(2)10-6-4-3-5-9(10)7-11;1-7(2)8-3-5-9(6-4-8)10(11)12;1-7(2)8-4-3-5-9(6-8)10(11)12;1-7(2)8-5-3-4-6-9(8)10(11)12/h4-8H,1-2H3;2*3-6,8H,1-2H3;3*3-7H,1-2H3. The summed E-state index contributed by atoms with van der Waals surface area (Å²) >= 11 is 0. The summed E-state index contributed by atoms with van der Waals surface area (Å²) in [4.78, 5) is 33.4. The minimum atomic E-state index is -0.385. The van der Waals surface area contributed by atoms with Crippen molar-refractivity contribution in [3.63, 3.8) is 0 Å². The Hall–Kier alpha value is -8.01. The maximum absolute atomic E-state index is 10.5. The van der Waals surface area contributed by atoms with Gasteiger partial charge in [-0.05, 0) is 81.5 Å². The molecule has 0 aliphatic rings. The molecule has 360 valence electrons. The highest BCUT2D eigenvalue weighted by molar-refractivity contribution is 5.46. The van der Waals surface area contributed by atoms with Crippen LogP contribution in [0.5, 0.6) is 0 Å². The molecule has 0 saturated heterocycles. The number of benzene rings is 6. The molecule has 0 N–H and O–H groups in total. The van der Waals surface area contributed by atoms with Gasteiger partial charge in [0.25, 0.3) is 17.1 Å². The summed E-state index contributed by atoms with van der Waals surface area (Å²) in [6.07, 6.45) is 0. The molecule has 0 saturated carbocycles. The molecule has 0 aliphatic carbocycles. The van der Waals surface area contributed by atoms with Crippen LogP contribution >= 0.6 is 0 Å². The molecule has 12 heteroatoms. The number of hydrogen-bond donors (Lipinski definition) is 0. The minimum absolute atomic E-state index is 0.152. The number of para-hydroxylation sites is 1. The van der Waals surface area contributed by atoms with E-state index in [1.807, 2.05) is 113 Å². The zero-order valence-electron chi connectivity index (χ0n) is 42.0. The lowest BCUT2D eigenvalue weighted by Gasteiger charge is -2.05. The molecule has 0 amide bonds. The molecular weight excluding hydrogens is 865 g/mol. The first-order valence-electron chi connectivity index (χ1n) is 22.8. The fourth-order valence-corrected chi connectivity index (χ4v) is 6.12. The van der Waals surface area contributed by atoms with Crippen LogP contribution in [0, 0.1) is 59.6 Å². The molecule has 0 atom stereocenters. The summed E-state index contributed by atoms with van der Waals surface area (Å²) in [6, 6.07) is 47.7. The van der Waals surface area contributed by atoms with Crippen LogP contribution in [0.25, 0.3) is 4.85 Å². The van der Waals surface area contributed by atoms with Gasteiger partial charge in [0.1, 0.15) is 0 Å². The van der Waals surface area contributed by atoms with E-state index in [2.05, 4.69) is 72.4 Å². The highest BCUT2D eigenvalue weighted by atomic mass is 16.6. The highest BCUT2D eigenvalue weighted by Crippen LogP contribution is 2.26. The van der Waals surface area contributed by atoms with Crippen molar-refractivity contribution in [2.24, 2.45) is 0 Å². The van der Waals surface area contributed by atoms with Crippen LogP contribution in [0.1, 0.15) is 163 Å². The van der Waals surface area contributed by atoms with Crippen molar-refractivity contribution in [3.05, 3.63) is 232 Å². The quantitative estimate of drug-likeness (QED) is 0.0779. The van der Waals surface area contributed by atoms with Crippen molar-refractivity contribution in [2.75, 3.05) is 0 Å². The zero-order valence-corrected chi connectivity index (χ0v) is 42.0. The molecule has 69 heavy (non-hydrogen) atoms. The molecule has 0 aromatic heterocycles. The van der Waals surface area contributed by atoms with Crippen molar-refractivity contribution < 1.29 is 14.8 Å². The van der Waals surface area contributed by atoms with E-state index in [1.165, 1.54) is 35.4 Å². The number of rotatable bonds is 9. The Morgan fingerprint density at radius 2 is 0.870 bits per heavy atom. The summed E-state index contributed by atoms with van der Waals surface area (Å²) in [7, 11) is 0. The average Bonchev–Trinajstić information content (AvgIpc) is 3.34. The molecule has 0 aliphatic heterocycles. The fourth-order valence-electron chi connectivity index (χ4n) is 6.12. The third-order valence-electron chi connectivity index (χ3n) is 10.3. The van der Waals surface area contributed by atoms with Crippen LogP contribution in [-0.2, 0) is 0 Å². The van der Waals surface area contributed by atoms with Crippen LogP contribution < -0.4 is 0 Å². The van der Waals surface area contributed by atoms with E-state index < -0.39 is 0 Å². The second-order valence-corrected chi connectivity index (χ2v) is 17.6. The zero-order chi connectivity index (χ0) is 52.2. The molecule has 0 fully saturated rings. The Labute approximate surface area is 409 Å². The van der Waals surface area contributed by atoms with E-state index >= 15 is 0 Å². The molecule has 12 nitrogen and oxygen atoms in total. The van der Waals surface area contributed by atoms with Crippen molar-refractivity contribution in [2.45, 2.75) is 119 Å². The summed E-state index contributed by atoms with van der Waals surface area (Å²) in [5.41, 5.74) is 9.37. The predicted octanol–water partition coefficient (Wildman–Crippen LogP) is 16.9. The first-order valence-corrected chi connectivity index (χ1v) is 22.8. The highest BCUT2D eigenvalue weighted by Gasteiger charge is 2.14. The third-order valence-corrected chi connectivity index (χ3v) is 10.3. The van der Waals surface area contributed by atoms with Crippen molar-refractivity contribution >= 4 is 22.7 Å². The topological polar surface area (TPSA) is 181 Å². The van der Waals surface area contributed by atoms with Gasteiger partial charge in [-0.25, -0.2) is 4.85 Å². The third kappa shape index (κ3) is 21.9. The van der Waals surface area contributed by atoms with Gasteiger partial charge in [0.2, 0.25) is 0 Å². The van der Waals surface area contributed by atoms with E-state index in [-0.39, 0.29) is 37.7 Å². The van der Waals surface area contributed by atoms with Crippen LogP contribution in [0.4, 0.5) is 22.7 Å². The van der Waals surface area contributed by atoms with E-state index in [1.54, 1.807) is 36.4 Å². The van der Waals surface area contributed by atoms with Gasteiger partial charge in [0.05, 0.1) is 44.6 Å². The molecule has 6 aromatic carbocycles. The van der Waals surface area contributed by atoms with Crippen LogP contribution in [0.15, 0.2) is 146 Å². The Morgan fingerprint density at radius 1 is 0.435 bits per heavy atom. The summed E-state index contributed by atoms with van der Waals surface area (Å²) in [5, 5.41) is 48.5. The van der Waals surface area contributed by atoms with Crippen molar-refractivity contribution in [3.8, 4) is 12.1 Å². The number of non-ortho nitro benzene ring substituents is 2. The Morgan fingerprint density at radius 3 is 1.26 bits per heavy atom. The van der Waals surface area contributed by atoms with Gasteiger partial charge in [-0.1, -0.05) is 180 Å². The number of hydrogen-bond acceptors (Lipinski definition) is 8. The molecule has 0 unspecified atom stereocenters. The second kappa shape index (κ2) is 31.1. The Balaban J connectivity index is 0.000000414. The molecule has 0 heterocycles. The molecule has 0 radical (unpaired) electrons. The van der Waals surface area contributed by atoms with Crippen LogP contribution in [-0.4, -0.2) is 14.8 Å². The maximum atomic E-state index is 10.5. The lowest BCUT2D eigenvalue weighted by molar-refractivity contribution is -0.385. The predicted molar refractivity (Wildman–Crippen MR) is 279 cm³/mol. The largest absolute Gasteiger partial charge is 0.272 e.